The summed E-state index contributed by atoms with van der Waals surface area (Å²) >= 11 is 0. The molecule has 5 rings (SSSR count). The molecule has 156 valence electrons. The fourth-order valence-electron chi connectivity index (χ4n) is 5.56. The normalized spacial score (nSPS) is 26.4. The van der Waals surface area contributed by atoms with Gasteiger partial charge in [-0.05, 0) is 75.7 Å². The lowest BCUT2D eigenvalue weighted by molar-refractivity contribution is 0.166. The number of aromatic nitrogens is 2. The number of nitrogens with zero attached hydrogens (tertiary/aromatic N) is 3. The largest absolute Gasteiger partial charge is 0.339 e. The average molecular weight is 406 g/mol. The van der Waals surface area contributed by atoms with E-state index in [1.807, 2.05) is 18.2 Å². The van der Waals surface area contributed by atoms with E-state index in [9.17, 15) is 4.39 Å². The maximum atomic E-state index is 13.8. The van der Waals surface area contributed by atoms with Crippen molar-refractivity contribution in [2.45, 2.75) is 38.1 Å². The molecule has 2 fully saturated rings. The number of benzene rings is 2. The Morgan fingerprint density at radius 2 is 1.87 bits per heavy atom. The van der Waals surface area contributed by atoms with Gasteiger partial charge in [0.2, 0.25) is 11.7 Å². The minimum absolute atomic E-state index is 0.160. The SMILES string of the molecule is Cc1ccc(-c2noc(C3C4CCC(C(c5cccc(F)c5)N(C)C)CC43)n2)cc1. The van der Waals surface area contributed by atoms with Gasteiger partial charge in [-0.1, -0.05) is 47.1 Å². The number of hydrogen-bond donors (Lipinski definition) is 0. The molecule has 5 atom stereocenters. The van der Waals surface area contributed by atoms with Gasteiger partial charge in [0.15, 0.2) is 0 Å². The van der Waals surface area contributed by atoms with Crippen molar-refractivity contribution in [1.29, 1.82) is 0 Å². The third kappa shape index (κ3) is 3.56. The van der Waals surface area contributed by atoms with Crippen molar-refractivity contribution in [3.63, 3.8) is 0 Å². The van der Waals surface area contributed by atoms with Gasteiger partial charge in [0.1, 0.15) is 5.82 Å². The Hall–Kier alpha value is -2.53. The van der Waals surface area contributed by atoms with Crippen LogP contribution in [0.3, 0.4) is 0 Å². The highest BCUT2D eigenvalue weighted by molar-refractivity contribution is 5.54. The second-order valence-corrected chi connectivity index (χ2v) is 9.21. The molecule has 0 amide bonds. The molecule has 0 radical (unpaired) electrons. The van der Waals surface area contributed by atoms with Crippen LogP contribution in [-0.4, -0.2) is 29.1 Å². The number of hydrogen-bond acceptors (Lipinski definition) is 4. The molecule has 5 unspecified atom stereocenters. The summed E-state index contributed by atoms with van der Waals surface area (Å²) in [6.07, 6.45) is 3.44. The summed E-state index contributed by atoms with van der Waals surface area (Å²) in [7, 11) is 4.19. The average Bonchev–Trinajstić information content (AvgIpc) is 3.22. The molecule has 30 heavy (non-hydrogen) atoms. The zero-order valence-electron chi connectivity index (χ0n) is 17.8. The van der Waals surface area contributed by atoms with E-state index in [-0.39, 0.29) is 11.9 Å². The Bertz CT molecular complexity index is 1030. The maximum absolute atomic E-state index is 13.8. The number of rotatable bonds is 5. The van der Waals surface area contributed by atoms with Crippen LogP contribution >= 0.6 is 0 Å². The lowest BCUT2D eigenvalue weighted by Crippen LogP contribution is -2.29. The summed E-state index contributed by atoms with van der Waals surface area (Å²) in [6, 6.07) is 15.5. The van der Waals surface area contributed by atoms with Crippen LogP contribution in [0.25, 0.3) is 11.4 Å². The van der Waals surface area contributed by atoms with E-state index in [4.69, 9.17) is 9.51 Å². The van der Waals surface area contributed by atoms with Crippen molar-refractivity contribution in [2.24, 2.45) is 17.8 Å². The maximum Gasteiger partial charge on any atom is 0.230 e. The predicted molar refractivity (Wildman–Crippen MR) is 114 cm³/mol. The fraction of sp³-hybridized carbons (Fsp3) is 0.440. The van der Waals surface area contributed by atoms with E-state index >= 15 is 0 Å². The summed E-state index contributed by atoms with van der Waals surface area (Å²) in [5.74, 6) is 3.41. The van der Waals surface area contributed by atoms with Gasteiger partial charge in [-0.3, -0.25) is 0 Å². The summed E-state index contributed by atoms with van der Waals surface area (Å²) in [5, 5.41) is 4.24. The van der Waals surface area contributed by atoms with E-state index in [2.05, 4.69) is 49.3 Å². The number of fused-ring (bicyclic) bond motifs is 1. The Kier molecular flexibility index (Phi) is 4.94. The van der Waals surface area contributed by atoms with Crippen LogP contribution in [0, 0.1) is 30.5 Å². The van der Waals surface area contributed by atoms with E-state index in [0.717, 1.165) is 29.9 Å². The van der Waals surface area contributed by atoms with Gasteiger partial charge in [0.05, 0.1) is 0 Å². The Balaban J connectivity index is 1.32. The summed E-state index contributed by atoms with van der Waals surface area (Å²) < 4.78 is 19.5. The quantitative estimate of drug-likeness (QED) is 0.553. The van der Waals surface area contributed by atoms with Crippen LogP contribution in [0.15, 0.2) is 53.1 Å². The molecule has 2 aromatic carbocycles. The van der Waals surface area contributed by atoms with Crippen LogP contribution in [-0.2, 0) is 0 Å². The predicted octanol–water partition coefficient (Wildman–Crippen LogP) is 5.62. The summed E-state index contributed by atoms with van der Waals surface area (Å²) in [6.45, 7) is 2.07. The summed E-state index contributed by atoms with van der Waals surface area (Å²) in [5.41, 5.74) is 3.28. The Morgan fingerprint density at radius 3 is 2.60 bits per heavy atom. The molecule has 5 heteroatoms. The molecule has 0 bridgehead atoms. The van der Waals surface area contributed by atoms with E-state index in [1.165, 1.54) is 18.1 Å². The van der Waals surface area contributed by atoms with Crippen LogP contribution in [0.1, 0.15) is 48.2 Å². The van der Waals surface area contributed by atoms with Crippen molar-refractivity contribution in [3.8, 4) is 11.4 Å². The van der Waals surface area contributed by atoms with Gasteiger partial charge >= 0.3 is 0 Å². The van der Waals surface area contributed by atoms with Crippen molar-refractivity contribution in [2.75, 3.05) is 14.1 Å². The minimum Gasteiger partial charge on any atom is -0.339 e. The number of halogens is 1. The first-order valence-electron chi connectivity index (χ1n) is 10.8. The second-order valence-electron chi connectivity index (χ2n) is 9.21. The second kappa shape index (κ2) is 7.62. The first-order chi connectivity index (χ1) is 14.5. The van der Waals surface area contributed by atoms with Crippen LogP contribution in [0.4, 0.5) is 4.39 Å². The molecule has 0 N–H and O–H groups in total. The molecule has 1 aromatic heterocycles. The highest BCUT2D eigenvalue weighted by Gasteiger charge is 2.57. The molecule has 2 aliphatic rings. The highest BCUT2D eigenvalue weighted by atomic mass is 19.1. The fourth-order valence-corrected chi connectivity index (χ4v) is 5.56. The van der Waals surface area contributed by atoms with Gasteiger partial charge in [-0.25, -0.2) is 4.39 Å². The smallest absolute Gasteiger partial charge is 0.230 e. The molecule has 4 nitrogen and oxygen atoms in total. The first-order valence-corrected chi connectivity index (χ1v) is 10.8. The van der Waals surface area contributed by atoms with Gasteiger partial charge in [-0.15, -0.1) is 0 Å². The lowest BCUT2D eigenvalue weighted by atomic mass is 9.80. The molecule has 2 saturated carbocycles. The topological polar surface area (TPSA) is 42.2 Å². The van der Waals surface area contributed by atoms with Gasteiger partial charge in [-0.2, -0.15) is 4.98 Å². The number of aryl methyl sites for hydroxylation is 1. The molecule has 0 saturated heterocycles. The molecule has 0 spiro atoms. The molecular weight excluding hydrogens is 377 g/mol. The molecular formula is C25H28FN3O. The van der Waals surface area contributed by atoms with Crippen molar-refractivity contribution in [3.05, 3.63) is 71.4 Å². The van der Waals surface area contributed by atoms with Crippen LogP contribution in [0.5, 0.6) is 0 Å². The van der Waals surface area contributed by atoms with E-state index < -0.39 is 0 Å². The van der Waals surface area contributed by atoms with Crippen molar-refractivity contribution >= 4 is 0 Å². The van der Waals surface area contributed by atoms with E-state index in [0.29, 0.717) is 29.5 Å². The van der Waals surface area contributed by atoms with Gasteiger partial charge < -0.3 is 9.42 Å². The zero-order valence-corrected chi connectivity index (χ0v) is 17.8. The third-order valence-corrected chi connectivity index (χ3v) is 7.01. The Morgan fingerprint density at radius 1 is 1.07 bits per heavy atom. The molecule has 2 aliphatic carbocycles. The minimum atomic E-state index is -0.160. The standard InChI is InChI=1S/C25H28FN3O/c1-15-7-9-16(10-8-15)24-27-25(30-28-24)22-20-12-11-18(14-21(20)22)23(29(2)3)17-5-4-6-19(26)13-17/h4-10,13,18,20-23H,11-12,14H2,1-3H3. The first kappa shape index (κ1) is 19.4. The molecule has 3 aromatic rings. The lowest BCUT2D eigenvalue weighted by Gasteiger charge is -2.35. The third-order valence-electron chi connectivity index (χ3n) is 7.01. The molecule has 1 heterocycles. The van der Waals surface area contributed by atoms with Crippen LogP contribution < -0.4 is 0 Å². The molecule has 0 aliphatic heterocycles. The van der Waals surface area contributed by atoms with Gasteiger partial charge in [0.25, 0.3) is 0 Å². The monoisotopic (exact) mass is 405 g/mol. The van der Waals surface area contributed by atoms with Crippen LogP contribution in [0.2, 0.25) is 0 Å². The summed E-state index contributed by atoms with van der Waals surface area (Å²) in [4.78, 5) is 6.97. The van der Waals surface area contributed by atoms with Crippen molar-refractivity contribution in [1.82, 2.24) is 15.0 Å². The Labute approximate surface area is 177 Å². The van der Waals surface area contributed by atoms with Gasteiger partial charge in [0, 0.05) is 17.5 Å². The van der Waals surface area contributed by atoms with Crippen molar-refractivity contribution < 1.29 is 8.91 Å². The zero-order chi connectivity index (χ0) is 20.8. The highest BCUT2D eigenvalue weighted by Crippen LogP contribution is 2.63. The van der Waals surface area contributed by atoms with E-state index in [1.54, 1.807) is 6.07 Å².